The van der Waals surface area contributed by atoms with Crippen LogP contribution >= 0.6 is 0 Å². The van der Waals surface area contributed by atoms with Gasteiger partial charge in [-0.1, -0.05) is 30.3 Å². The van der Waals surface area contributed by atoms with Gasteiger partial charge < -0.3 is 9.72 Å². The van der Waals surface area contributed by atoms with Crippen molar-refractivity contribution in [2.24, 2.45) is 0 Å². The van der Waals surface area contributed by atoms with Gasteiger partial charge in [0.25, 0.3) is 0 Å². The Hall–Kier alpha value is -2.62. The Labute approximate surface area is 115 Å². The minimum Gasteiger partial charge on any atom is -0.469 e. The molecule has 0 atom stereocenters. The van der Waals surface area contributed by atoms with E-state index >= 15 is 0 Å². The Bertz CT molecular complexity index is 864. The van der Waals surface area contributed by atoms with Crippen molar-refractivity contribution in [1.29, 1.82) is 0 Å². The lowest BCUT2D eigenvalue weighted by Crippen LogP contribution is -2.11. The third-order valence-electron chi connectivity index (χ3n) is 3.35. The van der Waals surface area contributed by atoms with Crippen molar-refractivity contribution in [3.8, 4) is 0 Å². The SMILES string of the molecule is COC(=O)Cc1cc(=O)c2ccc3ccccc3c2[nH]1. The molecule has 4 heteroatoms. The topological polar surface area (TPSA) is 59.2 Å². The molecule has 1 heterocycles. The van der Waals surface area contributed by atoms with Crippen LogP contribution in [0.15, 0.2) is 47.3 Å². The third kappa shape index (κ3) is 2.05. The molecule has 100 valence electrons. The molecule has 2 aromatic carbocycles. The Kier molecular flexibility index (Phi) is 2.99. The van der Waals surface area contributed by atoms with Crippen LogP contribution in [0, 0.1) is 0 Å². The summed E-state index contributed by atoms with van der Waals surface area (Å²) >= 11 is 0. The number of esters is 1. The van der Waals surface area contributed by atoms with Gasteiger partial charge in [-0.25, -0.2) is 0 Å². The molecule has 0 aliphatic heterocycles. The third-order valence-corrected chi connectivity index (χ3v) is 3.35. The molecule has 0 bridgehead atoms. The maximum absolute atomic E-state index is 12.1. The number of hydrogen-bond acceptors (Lipinski definition) is 3. The van der Waals surface area contributed by atoms with Crippen molar-refractivity contribution < 1.29 is 9.53 Å². The van der Waals surface area contributed by atoms with E-state index < -0.39 is 0 Å². The van der Waals surface area contributed by atoms with Crippen LogP contribution in [0.4, 0.5) is 0 Å². The number of H-pyrrole nitrogens is 1. The summed E-state index contributed by atoms with van der Waals surface area (Å²) in [6, 6.07) is 13.0. The van der Waals surface area contributed by atoms with Crippen LogP contribution < -0.4 is 5.43 Å². The van der Waals surface area contributed by atoms with E-state index in [9.17, 15) is 9.59 Å². The number of aromatic nitrogens is 1. The minimum atomic E-state index is -0.375. The highest BCUT2D eigenvalue weighted by Gasteiger charge is 2.09. The Morgan fingerprint density at radius 3 is 2.75 bits per heavy atom. The zero-order valence-corrected chi connectivity index (χ0v) is 11.0. The van der Waals surface area contributed by atoms with Gasteiger partial charge in [0.05, 0.1) is 19.0 Å². The molecule has 0 amide bonds. The number of benzene rings is 2. The van der Waals surface area contributed by atoms with Gasteiger partial charge in [-0.3, -0.25) is 9.59 Å². The highest BCUT2D eigenvalue weighted by atomic mass is 16.5. The smallest absolute Gasteiger partial charge is 0.311 e. The molecule has 0 fully saturated rings. The summed E-state index contributed by atoms with van der Waals surface area (Å²) in [6.45, 7) is 0. The maximum Gasteiger partial charge on any atom is 0.311 e. The maximum atomic E-state index is 12.1. The fourth-order valence-electron chi connectivity index (χ4n) is 2.37. The van der Waals surface area contributed by atoms with Crippen molar-refractivity contribution in [2.45, 2.75) is 6.42 Å². The normalized spacial score (nSPS) is 10.8. The van der Waals surface area contributed by atoms with Crippen LogP contribution in [0.3, 0.4) is 0 Å². The van der Waals surface area contributed by atoms with Crippen LogP contribution in [-0.4, -0.2) is 18.1 Å². The summed E-state index contributed by atoms with van der Waals surface area (Å²) < 4.78 is 4.63. The molecule has 0 aliphatic carbocycles. The Morgan fingerprint density at radius 2 is 1.95 bits per heavy atom. The zero-order valence-electron chi connectivity index (χ0n) is 11.0. The van der Waals surface area contributed by atoms with E-state index in [4.69, 9.17) is 0 Å². The largest absolute Gasteiger partial charge is 0.469 e. The number of pyridine rings is 1. The molecule has 4 nitrogen and oxygen atoms in total. The van der Waals surface area contributed by atoms with Crippen molar-refractivity contribution in [3.63, 3.8) is 0 Å². The van der Waals surface area contributed by atoms with Crippen molar-refractivity contribution in [2.75, 3.05) is 7.11 Å². The molecule has 0 saturated carbocycles. The summed E-state index contributed by atoms with van der Waals surface area (Å²) in [7, 11) is 1.33. The Balaban J connectivity index is 2.30. The number of rotatable bonds is 2. The van der Waals surface area contributed by atoms with E-state index in [1.54, 1.807) is 6.07 Å². The van der Waals surface area contributed by atoms with E-state index in [0.717, 1.165) is 16.3 Å². The minimum absolute atomic E-state index is 0.0604. The van der Waals surface area contributed by atoms with Gasteiger partial charge in [0.1, 0.15) is 0 Å². The molecule has 1 N–H and O–H groups in total. The standard InChI is InChI=1S/C16H13NO3/c1-20-15(19)9-11-8-14(18)13-7-6-10-4-2-3-5-12(10)16(13)17-11/h2-8H,9H2,1H3,(H,17,18). The van der Waals surface area contributed by atoms with E-state index in [-0.39, 0.29) is 17.8 Å². The quantitative estimate of drug-likeness (QED) is 0.573. The second kappa shape index (κ2) is 4.81. The van der Waals surface area contributed by atoms with Crippen LogP contribution in [0.2, 0.25) is 0 Å². The number of fused-ring (bicyclic) bond motifs is 3. The number of ether oxygens (including phenoxy) is 1. The molecular formula is C16H13NO3. The molecule has 0 saturated heterocycles. The molecule has 0 radical (unpaired) electrons. The monoisotopic (exact) mass is 267 g/mol. The number of aromatic amines is 1. The van der Waals surface area contributed by atoms with Crippen molar-refractivity contribution in [1.82, 2.24) is 4.98 Å². The predicted octanol–water partition coefficient (Wildman–Crippen LogP) is 2.40. The highest BCUT2D eigenvalue weighted by molar-refractivity contribution is 6.05. The lowest BCUT2D eigenvalue weighted by molar-refractivity contribution is -0.139. The summed E-state index contributed by atoms with van der Waals surface area (Å²) in [5.41, 5.74) is 1.23. The average Bonchev–Trinajstić information content (AvgIpc) is 2.47. The molecule has 1 aromatic heterocycles. The predicted molar refractivity (Wildman–Crippen MR) is 77.8 cm³/mol. The summed E-state index contributed by atoms with van der Waals surface area (Å²) in [6.07, 6.45) is 0.0604. The van der Waals surface area contributed by atoms with Crippen LogP contribution in [0.1, 0.15) is 5.69 Å². The van der Waals surface area contributed by atoms with Gasteiger partial charge in [0.15, 0.2) is 5.43 Å². The summed E-state index contributed by atoms with van der Waals surface area (Å²) in [5.74, 6) is -0.375. The van der Waals surface area contributed by atoms with Gasteiger partial charge in [-0.15, -0.1) is 0 Å². The van der Waals surface area contributed by atoms with Crippen LogP contribution in [-0.2, 0) is 16.0 Å². The number of nitrogens with one attached hydrogen (secondary N) is 1. The highest BCUT2D eigenvalue weighted by Crippen LogP contribution is 2.21. The molecule has 0 aliphatic rings. The number of carbonyl (C=O) groups excluding carboxylic acids is 1. The van der Waals surface area contributed by atoms with E-state index in [0.29, 0.717) is 11.1 Å². The second-order valence-corrected chi connectivity index (χ2v) is 4.62. The number of carbonyl (C=O) groups is 1. The summed E-state index contributed by atoms with van der Waals surface area (Å²) in [5, 5.41) is 2.64. The summed E-state index contributed by atoms with van der Waals surface area (Å²) in [4.78, 5) is 26.7. The molecule has 3 aromatic rings. The van der Waals surface area contributed by atoms with Crippen LogP contribution in [0.25, 0.3) is 21.7 Å². The van der Waals surface area contributed by atoms with E-state index in [1.165, 1.54) is 13.2 Å². The number of methoxy groups -OCH3 is 1. The fraction of sp³-hybridized carbons (Fsp3) is 0.125. The molecular weight excluding hydrogens is 254 g/mol. The van der Waals surface area contributed by atoms with Crippen LogP contribution in [0.5, 0.6) is 0 Å². The fourth-order valence-corrected chi connectivity index (χ4v) is 2.37. The van der Waals surface area contributed by atoms with E-state index in [1.807, 2.05) is 30.3 Å². The first kappa shape index (κ1) is 12.4. The van der Waals surface area contributed by atoms with Gasteiger partial charge in [0.2, 0.25) is 0 Å². The first-order chi connectivity index (χ1) is 9.69. The molecule has 3 rings (SSSR count). The first-order valence-electron chi connectivity index (χ1n) is 6.29. The van der Waals surface area contributed by atoms with E-state index in [2.05, 4.69) is 9.72 Å². The second-order valence-electron chi connectivity index (χ2n) is 4.62. The Morgan fingerprint density at radius 1 is 1.15 bits per heavy atom. The first-order valence-corrected chi connectivity index (χ1v) is 6.29. The average molecular weight is 267 g/mol. The zero-order chi connectivity index (χ0) is 14.1. The number of hydrogen-bond donors (Lipinski definition) is 1. The molecule has 0 unspecified atom stereocenters. The lowest BCUT2D eigenvalue weighted by Gasteiger charge is -2.06. The van der Waals surface area contributed by atoms with Gasteiger partial charge in [-0.2, -0.15) is 0 Å². The van der Waals surface area contributed by atoms with Gasteiger partial charge in [0, 0.05) is 22.5 Å². The molecule has 0 spiro atoms. The van der Waals surface area contributed by atoms with Crippen molar-refractivity contribution in [3.05, 3.63) is 58.4 Å². The van der Waals surface area contributed by atoms with Crippen molar-refractivity contribution >= 4 is 27.6 Å². The lowest BCUT2D eigenvalue weighted by atomic mass is 10.1. The molecule has 20 heavy (non-hydrogen) atoms. The van der Waals surface area contributed by atoms with Gasteiger partial charge >= 0.3 is 5.97 Å². The van der Waals surface area contributed by atoms with Gasteiger partial charge in [-0.05, 0) is 11.5 Å².